The third kappa shape index (κ3) is 4.35. The Labute approximate surface area is 122 Å². The highest BCUT2D eigenvalue weighted by atomic mass is 32.2. The van der Waals surface area contributed by atoms with E-state index in [4.69, 9.17) is 0 Å². The molecule has 0 aliphatic heterocycles. The largest absolute Gasteiger partial charge is 0.335 e. The fourth-order valence-corrected chi connectivity index (χ4v) is 3.76. The van der Waals surface area contributed by atoms with Crippen molar-refractivity contribution in [2.24, 2.45) is 0 Å². The van der Waals surface area contributed by atoms with Crippen molar-refractivity contribution >= 4 is 34.3 Å². The second kappa shape index (κ2) is 7.09. The Morgan fingerprint density at radius 3 is 3.00 bits per heavy atom. The average Bonchev–Trinajstić information content (AvgIpc) is 2.86. The van der Waals surface area contributed by atoms with E-state index < -0.39 is 0 Å². The lowest BCUT2D eigenvalue weighted by Crippen LogP contribution is -2.41. The highest BCUT2D eigenvalue weighted by Gasteiger charge is 2.22. The summed E-state index contributed by atoms with van der Waals surface area (Å²) < 4.78 is 0. The highest BCUT2D eigenvalue weighted by molar-refractivity contribution is 7.99. The Kier molecular flexibility index (Phi) is 5.45. The highest BCUT2D eigenvalue weighted by Crippen LogP contribution is 2.27. The SMILES string of the molecule is CCc1nnc(NC(=O)N[C@H]2CCC[C@@H](SC)C2)s1. The predicted octanol–water partition coefficient (Wildman–Crippen LogP) is 2.90. The molecule has 0 aromatic carbocycles. The Morgan fingerprint density at radius 2 is 2.32 bits per heavy atom. The zero-order valence-electron chi connectivity index (χ0n) is 11.3. The second-order valence-corrected chi connectivity index (χ2v) is 6.87. The number of hydrogen-bond acceptors (Lipinski definition) is 5. The predicted molar refractivity (Wildman–Crippen MR) is 81.0 cm³/mol. The number of carbonyl (C=O) groups excluding carboxylic acids is 1. The van der Waals surface area contributed by atoms with E-state index >= 15 is 0 Å². The van der Waals surface area contributed by atoms with Crippen molar-refractivity contribution in [3.63, 3.8) is 0 Å². The number of rotatable bonds is 4. The van der Waals surface area contributed by atoms with Crippen LogP contribution in [0, 0.1) is 0 Å². The Hall–Kier alpha value is -0.820. The maximum atomic E-state index is 11.9. The molecule has 1 aliphatic rings. The minimum Gasteiger partial charge on any atom is -0.335 e. The summed E-state index contributed by atoms with van der Waals surface area (Å²) in [5, 5.41) is 15.9. The molecule has 2 atom stereocenters. The van der Waals surface area contributed by atoms with Gasteiger partial charge < -0.3 is 5.32 Å². The van der Waals surface area contributed by atoms with Crippen LogP contribution in [0.5, 0.6) is 0 Å². The molecule has 1 saturated carbocycles. The molecule has 0 spiro atoms. The summed E-state index contributed by atoms with van der Waals surface area (Å²) in [6.45, 7) is 2.02. The molecule has 5 nitrogen and oxygen atoms in total. The lowest BCUT2D eigenvalue weighted by molar-refractivity contribution is 0.244. The van der Waals surface area contributed by atoms with Crippen molar-refractivity contribution in [3.8, 4) is 0 Å². The van der Waals surface area contributed by atoms with Crippen LogP contribution in [0.25, 0.3) is 0 Å². The van der Waals surface area contributed by atoms with Crippen LogP contribution in [0.15, 0.2) is 0 Å². The van der Waals surface area contributed by atoms with Gasteiger partial charge in [0.25, 0.3) is 0 Å². The minimum atomic E-state index is -0.162. The Bertz CT molecular complexity index is 424. The second-order valence-electron chi connectivity index (χ2n) is 4.67. The quantitative estimate of drug-likeness (QED) is 0.897. The van der Waals surface area contributed by atoms with Crippen molar-refractivity contribution in [1.82, 2.24) is 15.5 Å². The van der Waals surface area contributed by atoms with Gasteiger partial charge in [-0.05, 0) is 31.9 Å². The molecule has 2 amide bonds. The summed E-state index contributed by atoms with van der Waals surface area (Å²) in [6.07, 6.45) is 7.57. The molecule has 106 valence electrons. The normalized spacial score (nSPS) is 23.1. The van der Waals surface area contributed by atoms with Crippen molar-refractivity contribution < 1.29 is 4.79 Å². The number of nitrogens with one attached hydrogen (secondary N) is 2. The smallest absolute Gasteiger partial charge is 0.321 e. The first-order valence-electron chi connectivity index (χ1n) is 6.64. The molecule has 7 heteroatoms. The van der Waals surface area contributed by atoms with E-state index in [9.17, 15) is 4.79 Å². The fraction of sp³-hybridized carbons (Fsp3) is 0.750. The van der Waals surface area contributed by atoms with Crippen molar-refractivity contribution in [2.75, 3.05) is 11.6 Å². The Balaban J connectivity index is 1.80. The van der Waals surface area contributed by atoms with Crippen LogP contribution >= 0.6 is 23.1 Å². The van der Waals surface area contributed by atoms with Gasteiger partial charge in [0, 0.05) is 11.3 Å². The topological polar surface area (TPSA) is 66.9 Å². The molecule has 1 aromatic rings. The van der Waals surface area contributed by atoms with E-state index in [1.165, 1.54) is 24.2 Å². The number of urea groups is 1. The van der Waals surface area contributed by atoms with Crippen molar-refractivity contribution in [3.05, 3.63) is 5.01 Å². The van der Waals surface area contributed by atoms with Gasteiger partial charge in [-0.15, -0.1) is 10.2 Å². The van der Waals surface area contributed by atoms with E-state index in [-0.39, 0.29) is 12.1 Å². The summed E-state index contributed by atoms with van der Waals surface area (Å²) in [5.74, 6) is 0. The Morgan fingerprint density at radius 1 is 1.47 bits per heavy atom. The molecule has 1 fully saturated rings. The maximum Gasteiger partial charge on any atom is 0.321 e. The van der Waals surface area contributed by atoms with Gasteiger partial charge >= 0.3 is 6.03 Å². The van der Waals surface area contributed by atoms with Gasteiger partial charge in [0.1, 0.15) is 5.01 Å². The molecular formula is C12H20N4OS2. The van der Waals surface area contributed by atoms with Gasteiger partial charge in [0.05, 0.1) is 0 Å². The summed E-state index contributed by atoms with van der Waals surface area (Å²) in [5.41, 5.74) is 0. The van der Waals surface area contributed by atoms with Crippen LogP contribution in [0.3, 0.4) is 0 Å². The summed E-state index contributed by atoms with van der Waals surface area (Å²) in [4.78, 5) is 11.9. The molecule has 0 radical (unpaired) electrons. The molecular weight excluding hydrogens is 280 g/mol. The van der Waals surface area contributed by atoms with Gasteiger partial charge in [0.15, 0.2) is 0 Å². The zero-order chi connectivity index (χ0) is 13.7. The standard InChI is InChI=1S/C12H20N4OS2/c1-3-10-15-16-12(19-10)14-11(17)13-8-5-4-6-9(7-8)18-2/h8-9H,3-7H2,1-2H3,(H2,13,14,16,17)/t8-,9+/m0/s1. The lowest BCUT2D eigenvalue weighted by Gasteiger charge is -2.28. The van der Waals surface area contributed by atoms with E-state index in [0.717, 1.165) is 24.3 Å². The first-order chi connectivity index (χ1) is 9.21. The van der Waals surface area contributed by atoms with Gasteiger partial charge in [-0.2, -0.15) is 11.8 Å². The third-order valence-corrected chi connectivity index (χ3v) is 5.36. The number of aromatic nitrogens is 2. The molecule has 0 bridgehead atoms. The van der Waals surface area contributed by atoms with E-state index in [0.29, 0.717) is 10.4 Å². The number of carbonyl (C=O) groups is 1. The van der Waals surface area contributed by atoms with Crippen LogP contribution in [0.4, 0.5) is 9.93 Å². The molecule has 1 aromatic heterocycles. The van der Waals surface area contributed by atoms with Crippen molar-refractivity contribution in [1.29, 1.82) is 0 Å². The number of hydrogen-bond donors (Lipinski definition) is 2. The molecule has 2 rings (SSSR count). The van der Waals surface area contributed by atoms with Crippen LogP contribution in [-0.2, 0) is 6.42 Å². The van der Waals surface area contributed by atoms with E-state index in [2.05, 4.69) is 27.1 Å². The van der Waals surface area contributed by atoms with E-state index in [1.807, 2.05) is 18.7 Å². The average molecular weight is 300 g/mol. The van der Waals surface area contributed by atoms with Gasteiger partial charge in [-0.3, -0.25) is 5.32 Å². The van der Waals surface area contributed by atoms with Gasteiger partial charge in [0.2, 0.25) is 5.13 Å². The monoisotopic (exact) mass is 300 g/mol. The summed E-state index contributed by atoms with van der Waals surface area (Å²) in [7, 11) is 0. The van der Waals surface area contributed by atoms with E-state index in [1.54, 1.807) is 0 Å². The van der Waals surface area contributed by atoms with Crippen LogP contribution in [-0.4, -0.2) is 33.8 Å². The molecule has 0 unspecified atom stereocenters. The minimum absolute atomic E-state index is 0.162. The van der Waals surface area contributed by atoms with Crippen molar-refractivity contribution in [2.45, 2.75) is 50.3 Å². The molecule has 1 aliphatic carbocycles. The van der Waals surface area contributed by atoms with Crippen LogP contribution < -0.4 is 10.6 Å². The zero-order valence-corrected chi connectivity index (χ0v) is 12.9. The first kappa shape index (κ1) is 14.6. The van der Waals surface area contributed by atoms with Gasteiger partial charge in [-0.25, -0.2) is 4.79 Å². The van der Waals surface area contributed by atoms with Crippen LogP contribution in [0.1, 0.15) is 37.6 Å². The summed E-state index contributed by atoms with van der Waals surface area (Å²) in [6, 6.07) is 0.121. The number of thioether (sulfide) groups is 1. The number of anilines is 1. The fourth-order valence-electron chi connectivity index (χ4n) is 2.26. The summed E-state index contributed by atoms with van der Waals surface area (Å²) >= 11 is 3.32. The molecule has 19 heavy (non-hydrogen) atoms. The van der Waals surface area contributed by atoms with Gasteiger partial charge in [-0.1, -0.05) is 24.7 Å². The molecule has 2 N–H and O–H groups in total. The maximum absolute atomic E-state index is 11.9. The van der Waals surface area contributed by atoms with Crippen LogP contribution in [0.2, 0.25) is 0 Å². The number of nitrogens with zero attached hydrogens (tertiary/aromatic N) is 2. The number of amides is 2. The molecule has 1 heterocycles. The molecule has 0 saturated heterocycles. The lowest BCUT2D eigenvalue weighted by atomic mass is 9.95. The first-order valence-corrected chi connectivity index (χ1v) is 8.74. The number of aryl methyl sites for hydroxylation is 1. The third-order valence-electron chi connectivity index (χ3n) is 3.28.